The average molecular weight is 342 g/mol. The molecule has 1 aromatic carbocycles. The van der Waals surface area contributed by atoms with Gasteiger partial charge >= 0.3 is 0 Å². The molecule has 1 aliphatic rings. The normalized spacial score (nSPS) is 15.0. The van der Waals surface area contributed by atoms with Crippen molar-refractivity contribution in [3.8, 4) is 11.5 Å². The third-order valence-electron chi connectivity index (χ3n) is 3.88. The van der Waals surface area contributed by atoms with Crippen LogP contribution in [-0.4, -0.2) is 64.4 Å². The molecule has 0 N–H and O–H groups in total. The molecule has 7 nitrogen and oxygen atoms in total. The highest BCUT2D eigenvalue weighted by Crippen LogP contribution is 2.30. The Labute approximate surface area is 136 Å². The Balaban J connectivity index is 2.24. The Morgan fingerprint density at radius 2 is 1.87 bits per heavy atom. The second kappa shape index (κ2) is 7.18. The lowest BCUT2D eigenvalue weighted by molar-refractivity contribution is -0.130. The van der Waals surface area contributed by atoms with E-state index in [1.54, 1.807) is 11.0 Å². The third kappa shape index (κ3) is 3.76. The number of amides is 1. The summed E-state index contributed by atoms with van der Waals surface area (Å²) in [5.74, 6) is 0.436. The summed E-state index contributed by atoms with van der Waals surface area (Å²) in [5, 5.41) is 0. The van der Waals surface area contributed by atoms with Crippen molar-refractivity contribution in [1.29, 1.82) is 0 Å². The topological polar surface area (TPSA) is 76.1 Å². The molecule has 2 rings (SSSR count). The standard InChI is InChI=1S/C15H22N2O5S/c1-16(11-15(18)17-8-4-5-9-17)23(19,20)14-10-12(21-2)6-7-13(14)22-3/h6-7,10H,4-5,8-9,11H2,1-3H3. The van der Waals surface area contributed by atoms with Crippen LogP contribution in [-0.2, 0) is 14.8 Å². The van der Waals surface area contributed by atoms with Crippen molar-refractivity contribution in [2.45, 2.75) is 17.7 Å². The Kier molecular flexibility index (Phi) is 5.48. The number of ether oxygens (including phenoxy) is 2. The summed E-state index contributed by atoms with van der Waals surface area (Å²) < 4.78 is 36.8. The molecule has 0 atom stereocenters. The van der Waals surface area contributed by atoms with Gasteiger partial charge in [0.25, 0.3) is 0 Å². The van der Waals surface area contributed by atoms with Gasteiger partial charge < -0.3 is 14.4 Å². The van der Waals surface area contributed by atoms with Gasteiger partial charge in [-0.1, -0.05) is 0 Å². The maximum Gasteiger partial charge on any atom is 0.247 e. The van der Waals surface area contributed by atoms with Gasteiger partial charge in [-0.15, -0.1) is 0 Å². The Bertz CT molecular complexity index is 668. The molecular weight excluding hydrogens is 320 g/mol. The van der Waals surface area contributed by atoms with Crippen molar-refractivity contribution >= 4 is 15.9 Å². The van der Waals surface area contributed by atoms with Gasteiger partial charge in [0.05, 0.1) is 20.8 Å². The average Bonchev–Trinajstić information content (AvgIpc) is 3.08. The summed E-state index contributed by atoms with van der Waals surface area (Å²) in [6.45, 7) is 1.19. The van der Waals surface area contributed by atoms with Crippen LogP contribution in [0, 0.1) is 0 Å². The predicted molar refractivity (Wildman–Crippen MR) is 85.2 cm³/mol. The van der Waals surface area contributed by atoms with E-state index in [0.29, 0.717) is 18.8 Å². The Morgan fingerprint density at radius 1 is 1.22 bits per heavy atom. The first-order valence-electron chi connectivity index (χ1n) is 7.36. The smallest absolute Gasteiger partial charge is 0.247 e. The number of likely N-dealkylation sites (tertiary alicyclic amines) is 1. The van der Waals surface area contributed by atoms with Crippen molar-refractivity contribution < 1.29 is 22.7 Å². The molecule has 0 radical (unpaired) electrons. The number of hydrogen-bond donors (Lipinski definition) is 0. The number of likely N-dealkylation sites (N-methyl/N-ethyl adjacent to an activating group) is 1. The molecule has 1 fully saturated rings. The summed E-state index contributed by atoms with van der Waals surface area (Å²) in [7, 11) is 0.389. The van der Waals surface area contributed by atoms with Crippen LogP contribution in [0.25, 0.3) is 0 Å². The van der Waals surface area contributed by atoms with Crippen molar-refractivity contribution in [2.24, 2.45) is 0 Å². The highest BCUT2D eigenvalue weighted by Gasteiger charge is 2.29. The Morgan fingerprint density at radius 3 is 2.43 bits per heavy atom. The highest BCUT2D eigenvalue weighted by molar-refractivity contribution is 7.89. The van der Waals surface area contributed by atoms with Crippen LogP contribution in [0.2, 0.25) is 0 Å². The molecule has 0 aromatic heterocycles. The quantitative estimate of drug-likeness (QED) is 0.769. The van der Waals surface area contributed by atoms with Gasteiger partial charge in [0, 0.05) is 26.2 Å². The van der Waals surface area contributed by atoms with E-state index in [-0.39, 0.29) is 23.1 Å². The molecule has 1 aliphatic heterocycles. The molecule has 1 saturated heterocycles. The van der Waals surface area contributed by atoms with E-state index in [4.69, 9.17) is 9.47 Å². The van der Waals surface area contributed by atoms with E-state index in [0.717, 1.165) is 17.1 Å². The molecule has 8 heteroatoms. The van der Waals surface area contributed by atoms with E-state index >= 15 is 0 Å². The van der Waals surface area contributed by atoms with Crippen LogP contribution in [0.3, 0.4) is 0 Å². The van der Waals surface area contributed by atoms with Gasteiger partial charge in [0.1, 0.15) is 16.4 Å². The number of sulfonamides is 1. The maximum atomic E-state index is 12.8. The summed E-state index contributed by atoms with van der Waals surface area (Å²) in [4.78, 5) is 13.8. The fourth-order valence-corrected chi connectivity index (χ4v) is 3.78. The molecular formula is C15H22N2O5S. The van der Waals surface area contributed by atoms with Gasteiger partial charge in [0.2, 0.25) is 15.9 Å². The van der Waals surface area contributed by atoms with Crippen LogP contribution >= 0.6 is 0 Å². The lowest BCUT2D eigenvalue weighted by Crippen LogP contribution is -2.39. The van der Waals surface area contributed by atoms with Crippen molar-refractivity contribution in [3.63, 3.8) is 0 Å². The minimum Gasteiger partial charge on any atom is -0.497 e. The van der Waals surface area contributed by atoms with Gasteiger partial charge in [-0.3, -0.25) is 4.79 Å². The van der Waals surface area contributed by atoms with Crippen LogP contribution in [0.15, 0.2) is 23.1 Å². The van der Waals surface area contributed by atoms with Crippen LogP contribution in [0.1, 0.15) is 12.8 Å². The molecule has 0 aliphatic carbocycles. The number of methoxy groups -OCH3 is 2. The second-order valence-electron chi connectivity index (χ2n) is 5.37. The number of nitrogens with zero attached hydrogens (tertiary/aromatic N) is 2. The maximum absolute atomic E-state index is 12.8. The molecule has 1 aromatic rings. The second-order valence-corrected chi connectivity index (χ2v) is 7.38. The van der Waals surface area contributed by atoms with Crippen LogP contribution in [0.5, 0.6) is 11.5 Å². The number of carbonyl (C=O) groups excluding carboxylic acids is 1. The molecule has 23 heavy (non-hydrogen) atoms. The van der Waals surface area contributed by atoms with Crippen molar-refractivity contribution in [1.82, 2.24) is 9.21 Å². The first kappa shape index (κ1) is 17.6. The molecule has 0 unspecified atom stereocenters. The van der Waals surface area contributed by atoms with E-state index in [1.165, 1.54) is 33.4 Å². The predicted octanol–water partition coefficient (Wildman–Crippen LogP) is 0.947. The first-order chi connectivity index (χ1) is 10.9. The summed E-state index contributed by atoms with van der Waals surface area (Å²) in [5.41, 5.74) is 0. The number of hydrogen-bond acceptors (Lipinski definition) is 5. The van der Waals surface area contributed by atoms with Gasteiger partial charge in [-0.05, 0) is 25.0 Å². The third-order valence-corrected chi connectivity index (χ3v) is 5.70. The monoisotopic (exact) mass is 342 g/mol. The van der Waals surface area contributed by atoms with E-state index in [2.05, 4.69) is 0 Å². The summed E-state index contributed by atoms with van der Waals surface area (Å²) in [6, 6.07) is 4.54. The lowest BCUT2D eigenvalue weighted by atomic mass is 10.3. The Hall–Kier alpha value is -1.80. The van der Waals surface area contributed by atoms with E-state index < -0.39 is 10.0 Å². The zero-order chi connectivity index (χ0) is 17.0. The van der Waals surface area contributed by atoms with E-state index in [1.807, 2.05) is 0 Å². The minimum atomic E-state index is -3.86. The molecule has 1 heterocycles. The van der Waals surface area contributed by atoms with Crippen LogP contribution < -0.4 is 9.47 Å². The largest absolute Gasteiger partial charge is 0.497 e. The van der Waals surface area contributed by atoms with Gasteiger partial charge in [-0.25, -0.2) is 8.42 Å². The minimum absolute atomic E-state index is 0.0175. The number of rotatable bonds is 6. The fourth-order valence-electron chi connectivity index (χ4n) is 2.50. The van der Waals surface area contributed by atoms with Gasteiger partial charge in [0.15, 0.2) is 0 Å². The highest BCUT2D eigenvalue weighted by atomic mass is 32.2. The fraction of sp³-hybridized carbons (Fsp3) is 0.533. The molecule has 0 spiro atoms. The first-order valence-corrected chi connectivity index (χ1v) is 8.80. The zero-order valence-corrected chi connectivity index (χ0v) is 14.4. The zero-order valence-electron chi connectivity index (χ0n) is 13.6. The van der Waals surface area contributed by atoms with Crippen molar-refractivity contribution in [2.75, 3.05) is 40.9 Å². The molecule has 0 saturated carbocycles. The number of carbonyl (C=O) groups is 1. The number of benzene rings is 1. The molecule has 128 valence electrons. The summed E-state index contributed by atoms with van der Waals surface area (Å²) in [6.07, 6.45) is 1.93. The van der Waals surface area contributed by atoms with Crippen LogP contribution in [0.4, 0.5) is 0 Å². The summed E-state index contributed by atoms with van der Waals surface area (Å²) >= 11 is 0. The molecule has 0 bridgehead atoms. The SMILES string of the molecule is COc1ccc(OC)c(S(=O)(=O)N(C)CC(=O)N2CCCC2)c1. The lowest BCUT2D eigenvalue weighted by Gasteiger charge is -2.22. The van der Waals surface area contributed by atoms with Crippen molar-refractivity contribution in [3.05, 3.63) is 18.2 Å². The molecule has 1 amide bonds. The van der Waals surface area contributed by atoms with E-state index in [9.17, 15) is 13.2 Å². The van der Waals surface area contributed by atoms with Gasteiger partial charge in [-0.2, -0.15) is 4.31 Å².